The van der Waals surface area contributed by atoms with E-state index in [9.17, 15) is 5.11 Å². The van der Waals surface area contributed by atoms with Gasteiger partial charge in [-0.05, 0) is 30.5 Å². The van der Waals surface area contributed by atoms with Gasteiger partial charge in [0, 0.05) is 30.9 Å². The van der Waals surface area contributed by atoms with Crippen molar-refractivity contribution in [3.63, 3.8) is 0 Å². The summed E-state index contributed by atoms with van der Waals surface area (Å²) in [5, 5.41) is 13.0. The first-order chi connectivity index (χ1) is 8.19. The molecule has 88 valence electrons. The third-order valence-corrected chi connectivity index (χ3v) is 3.62. The quantitative estimate of drug-likeness (QED) is 0.808. The van der Waals surface area contributed by atoms with E-state index in [1.54, 1.807) is 6.20 Å². The van der Waals surface area contributed by atoms with Crippen molar-refractivity contribution in [1.82, 2.24) is 9.88 Å². The van der Waals surface area contributed by atoms with Gasteiger partial charge < -0.3 is 10.0 Å². The molecule has 1 aliphatic rings. The maximum atomic E-state index is 10.8. The second-order valence-corrected chi connectivity index (χ2v) is 4.92. The average Bonchev–Trinajstić information content (AvgIpc) is 2.70. The summed E-state index contributed by atoms with van der Waals surface area (Å²) < 4.78 is 0. The number of aliphatic hydroxyl groups is 1. The van der Waals surface area contributed by atoms with E-state index in [1.807, 2.05) is 37.5 Å². The number of pyridine rings is 1. The van der Waals surface area contributed by atoms with Gasteiger partial charge in [-0.25, -0.2) is 0 Å². The van der Waals surface area contributed by atoms with Crippen LogP contribution in [-0.2, 0) is 5.60 Å². The summed E-state index contributed by atoms with van der Waals surface area (Å²) in [7, 11) is 2.05. The molecule has 3 heteroatoms. The van der Waals surface area contributed by atoms with Gasteiger partial charge in [-0.1, -0.05) is 18.2 Å². The molecule has 17 heavy (non-hydrogen) atoms. The van der Waals surface area contributed by atoms with Crippen molar-refractivity contribution < 1.29 is 5.11 Å². The number of β-amino-alcohol motifs (C(OH)–C–C–N with tert-alkyl or cyclic N) is 1. The van der Waals surface area contributed by atoms with E-state index < -0.39 is 5.60 Å². The normalized spacial score (nSPS) is 25.5. The highest BCUT2D eigenvalue weighted by molar-refractivity contribution is 5.85. The molecule has 2 aromatic rings. The zero-order valence-electron chi connectivity index (χ0n) is 9.93. The SMILES string of the molecule is CN1CCC(O)(c2cccc3cnccc23)C1. The standard InChI is InChI=1S/C14H16N2O/c1-16-8-6-14(17,10-16)13-4-2-3-11-9-15-7-5-12(11)13/h2-5,7,9,17H,6,8,10H2,1H3. The zero-order chi connectivity index (χ0) is 11.9. The summed E-state index contributed by atoms with van der Waals surface area (Å²) >= 11 is 0. The van der Waals surface area contributed by atoms with Gasteiger partial charge in [0.25, 0.3) is 0 Å². The Bertz CT molecular complexity index is 549. The van der Waals surface area contributed by atoms with Crippen LogP contribution in [0.1, 0.15) is 12.0 Å². The Morgan fingerprint density at radius 1 is 1.35 bits per heavy atom. The predicted molar refractivity (Wildman–Crippen MR) is 67.8 cm³/mol. The fourth-order valence-corrected chi connectivity index (χ4v) is 2.73. The van der Waals surface area contributed by atoms with Crippen molar-refractivity contribution in [1.29, 1.82) is 0 Å². The molecule has 3 rings (SSSR count). The Kier molecular flexibility index (Phi) is 2.38. The number of nitrogens with zero attached hydrogens (tertiary/aromatic N) is 2. The van der Waals surface area contributed by atoms with Crippen LogP contribution in [0.5, 0.6) is 0 Å². The second kappa shape index (κ2) is 3.79. The molecule has 3 nitrogen and oxygen atoms in total. The minimum Gasteiger partial charge on any atom is -0.384 e. The van der Waals surface area contributed by atoms with Crippen LogP contribution in [0, 0.1) is 0 Å². The van der Waals surface area contributed by atoms with E-state index in [2.05, 4.69) is 9.88 Å². The van der Waals surface area contributed by atoms with Crippen LogP contribution < -0.4 is 0 Å². The minimum atomic E-state index is -0.713. The molecule has 1 fully saturated rings. The van der Waals surface area contributed by atoms with Gasteiger partial charge in [0.2, 0.25) is 0 Å². The van der Waals surface area contributed by atoms with Gasteiger partial charge in [0.15, 0.2) is 0 Å². The van der Waals surface area contributed by atoms with Gasteiger partial charge in [-0.15, -0.1) is 0 Å². The number of benzene rings is 1. The molecule has 1 saturated heterocycles. The van der Waals surface area contributed by atoms with Crippen LogP contribution in [0.15, 0.2) is 36.7 Å². The third-order valence-electron chi connectivity index (χ3n) is 3.62. The van der Waals surface area contributed by atoms with E-state index in [0.29, 0.717) is 6.54 Å². The Labute approximate surface area is 101 Å². The molecule has 1 unspecified atom stereocenters. The molecule has 1 aromatic heterocycles. The Morgan fingerprint density at radius 3 is 3.00 bits per heavy atom. The highest BCUT2D eigenvalue weighted by atomic mass is 16.3. The van der Waals surface area contributed by atoms with E-state index in [0.717, 1.165) is 29.3 Å². The van der Waals surface area contributed by atoms with Crippen molar-refractivity contribution in [2.75, 3.05) is 20.1 Å². The van der Waals surface area contributed by atoms with Gasteiger partial charge in [-0.2, -0.15) is 0 Å². The topological polar surface area (TPSA) is 36.4 Å². The van der Waals surface area contributed by atoms with Crippen molar-refractivity contribution in [3.8, 4) is 0 Å². The molecule has 0 aliphatic carbocycles. The molecule has 0 saturated carbocycles. The molecule has 1 aliphatic heterocycles. The molecular weight excluding hydrogens is 212 g/mol. The largest absolute Gasteiger partial charge is 0.384 e. The first kappa shape index (κ1) is 10.7. The Morgan fingerprint density at radius 2 is 2.24 bits per heavy atom. The number of rotatable bonds is 1. The summed E-state index contributed by atoms with van der Waals surface area (Å²) in [5.41, 5.74) is 0.317. The highest BCUT2D eigenvalue weighted by Gasteiger charge is 2.36. The fraction of sp³-hybridized carbons (Fsp3) is 0.357. The van der Waals surface area contributed by atoms with Crippen molar-refractivity contribution >= 4 is 10.8 Å². The van der Waals surface area contributed by atoms with Crippen molar-refractivity contribution in [2.24, 2.45) is 0 Å². The van der Waals surface area contributed by atoms with Gasteiger partial charge in [-0.3, -0.25) is 4.98 Å². The minimum absolute atomic E-state index is 0.703. The lowest BCUT2D eigenvalue weighted by molar-refractivity contribution is 0.0504. The lowest BCUT2D eigenvalue weighted by atomic mass is 9.89. The summed E-state index contributed by atoms with van der Waals surface area (Å²) in [6, 6.07) is 8.05. The van der Waals surface area contributed by atoms with Gasteiger partial charge >= 0.3 is 0 Å². The van der Waals surface area contributed by atoms with Gasteiger partial charge in [0.05, 0.1) is 0 Å². The number of likely N-dealkylation sites (N-methyl/N-ethyl adjacent to an activating group) is 1. The zero-order valence-corrected chi connectivity index (χ0v) is 9.93. The van der Waals surface area contributed by atoms with Gasteiger partial charge in [0.1, 0.15) is 5.60 Å². The monoisotopic (exact) mass is 228 g/mol. The highest BCUT2D eigenvalue weighted by Crippen LogP contribution is 2.35. The van der Waals surface area contributed by atoms with E-state index in [-0.39, 0.29) is 0 Å². The molecule has 2 heterocycles. The first-order valence-corrected chi connectivity index (χ1v) is 5.93. The molecule has 0 spiro atoms. The average molecular weight is 228 g/mol. The Hall–Kier alpha value is -1.45. The maximum absolute atomic E-state index is 10.8. The number of hydrogen-bond acceptors (Lipinski definition) is 3. The number of likely N-dealkylation sites (tertiary alicyclic amines) is 1. The van der Waals surface area contributed by atoms with Crippen LogP contribution >= 0.6 is 0 Å². The second-order valence-electron chi connectivity index (χ2n) is 4.92. The molecule has 1 aromatic carbocycles. The summed E-state index contributed by atoms with van der Waals surface area (Å²) in [5.74, 6) is 0. The smallest absolute Gasteiger partial charge is 0.104 e. The maximum Gasteiger partial charge on any atom is 0.104 e. The number of fused-ring (bicyclic) bond motifs is 1. The van der Waals surface area contributed by atoms with Crippen molar-refractivity contribution in [2.45, 2.75) is 12.0 Å². The van der Waals surface area contributed by atoms with Crippen LogP contribution in [-0.4, -0.2) is 35.1 Å². The van der Waals surface area contributed by atoms with E-state index in [4.69, 9.17) is 0 Å². The first-order valence-electron chi connectivity index (χ1n) is 5.93. The third kappa shape index (κ3) is 1.72. The predicted octanol–water partition coefficient (Wildman–Crippen LogP) is 1.76. The molecule has 0 amide bonds. The Balaban J connectivity index is 2.17. The van der Waals surface area contributed by atoms with Crippen LogP contribution in [0.2, 0.25) is 0 Å². The van der Waals surface area contributed by atoms with Crippen LogP contribution in [0.4, 0.5) is 0 Å². The lowest BCUT2D eigenvalue weighted by Gasteiger charge is -2.24. The molecular formula is C14H16N2O. The molecule has 1 N–H and O–H groups in total. The fourth-order valence-electron chi connectivity index (χ4n) is 2.73. The number of hydrogen-bond donors (Lipinski definition) is 1. The molecule has 0 radical (unpaired) electrons. The molecule has 1 atom stereocenters. The summed E-state index contributed by atoms with van der Waals surface area (Å²) in [6.07, 6.45) is 4.43. The molecule has 0 bridgehead atoms. The van der Waals surface area contributed by atoms with Crippen molar-refractivity contribution in [3.05, 3.63) is 42.2 Å². The summed E-state index contributed by atoms with van der Waals surface area (Å²) in [4.78, 5) is 6.29. The van der Waals surface area contributed by atoms with E-state index in [1.165, 1.54) is 0 Å². The summed E-state index contributed by atoms with van der Waals surface area (Å²) in [6.45, 7) is 1.65. The van der Waals surface area contributed by atoms with E-state index >= 15 is 0 Å². The lowest BCUT2D eigenvalue weighted by Crippen LogP contribution is -2.29. The number of aromatic nitrogens is 1. The van der Waals surface area contributed by atoms with Crippen LogP contribution in [0.25, 0.3) is 10.8 Å². The van der Waals surface area contributed by atoms with Crippen LogP contribution in [0.3, 0.4) is 0 Å².